The highest BCUT2D eigenvalue weighted by Gasteiger charge is 2.22. The molecule has 0 saturated heterocycles. The maximum Gasteiger partial charge on any atom is 0.307 e. The Kier molecular flexibility index (Phi) is 4.29. The van der Waals surface area contributed by atoms with E-state index >= 15 is 0 Å². The van der Waals surface area contributed by atoms with Crippen LogP contribution < -0.4 is 14.9 Å². The molecule has 0 aliphatic carbocycles. The summed E-state index contributed by atoms with van der Waals surface area (Å²) < 4.78 is 7.23. The van der Waals surface area contributed by atoms with Crippen LogP contribution in [-0.2, 0) is 11.3 Å². The highest BCUT2D eigenvalue weighted by Crippen LogP contribution is 2.31. The van der Waals surface area contributed by atoms with Crippen LogP contribution in [0, 0.1) is 6.92 Å². The minimum Gasteiger partial charge on any atom is -0.493 e. The van der Waals surface area contributed by atoms with Crippen molar-refractivity contribution in [2.45, 2.75) is 32.4 Å². The van der Waals surface area contributed by atoms with Gasteiger partial charge in [0.15, 0.2) is 0 Å². The number of hydrogen-bond donors (Lipinski definition) is 1. The number of ether oxygens (including phenoxy) is 1. The number of carbonyl (C=O) groups is 1. The Balaban J connectivity index is 1.62. The summed E-state index contributed by atoms with van der Waals surface area (Å²) in [6, 6.07) is 7.75. The topological polar surface area (TPSA) is 60.3 Å². The summed E-state index contributed by atoms with van der Waals surface area (Å²) in [5, 5.41) is 4.86. The van der Waals surface area contributed by atoms with Crippen LogP contribution in [0.3, 0.4) is 0 Å². The molecule has 6 heteroatoms. The van der Waals surface area contributed by atoms with Crippen molar-refractivity contribution < 1.29 is 9.53 Å². The second kappa shape index (κ2) is 6.36. The van der Waals surface area contributed by atoms with Gasteiger partial charge in [0.05, 0.1) is 12.6 Å². The number of nitrogens with one attached hydrogen (secondary N) is 1. The van der Waals surface area contributed by atoms with Crippen LogP contribution in [0.4, 0.5) is 0 Å². The molecular formula is C16H18N2O3S. The summed E-state index contributed by atoms with van der Waals surface area (Å²) in [5.41, 5.74) is 1.92. The van der Waals surface area contributed by atoms with Crippen LogP contribution in [-0.4, -0.2) is 17.1 Å². The first-order valence-electron chi connectivity index (χ1n) is 7.31. The van der Waals surface area contributed by atoms with Crippen molar-refractivity contribution in [3.8, 4) is 5.75 Å². The van der Waals surface area contributed by atoms with E-state index in [-0.39, 0.29) is 16.8 Å². The Bertz CT molecular complexity index is 735. The Labute approximate surface area is 132 Å². The molecule has 1 N–H and O–H groups in total. The molecule has 1 amide bonds. The summed E-state index contributed by atoms with van der Waals surface area (Å²) in [6.45, 7) is 2.90. The molecule has 116 valence electrons. The molecule has 3 rings (SSSR count). The molecule has 1 aliphatic heterocycles. The average Bonchev–Trinajstić information content (AvgIpc) is 2.84. The Morgan fingerprint density at radius 1 is 1.45 bits per heavy atom. The third-order valence-electron chi connectivity index (χ3n) is 3.83. The van der Waals surface area contributed by atoms with Gasteiger partial charge < -0.3 is 14.6 Å². The van der Waals surface area contributed by atoms with E-state index in [4.69, 9.17) is 4.74 Å². The van der Waals surface area contributed by atoms with Gasteiger partial charge in [0, 0.05) is 36.0 Å². The first-order chi connectivity index (χ1) is 10.6. The molecule has 1 aliphatic rings. The lowest BCUT2D eigenvalue weighted by molar-refractivity contribution is -0.122. The van der Waals surface area contributed by atoms with E-state index in [0.717, 1.165) is 23.4 Å². The van der Waals surface area contributed by atoms with Crippen LogP contribution in [0.2, 0.25) is 0 Å². The van der Waals surface area contributed by atoms with Crippen molar-refractivity contribution in [1.29, 1.82) is 0 Å². The lowest BCUT2D eigenvalue weighted by Crippen LogP contribution is -2.33. The number of rotatable bonds is 4. The Morgan fingerprint density at radius 3 is 3.05 bits per heavy atom. The number of hydrogen-bond acceptors (Lipinski definition) is 4. The third kappa shape index (κ3) is 3.06. The molecule has 1 atom stereocenters. The SMILES string of the molecule is Cc1csc(=O)n1CCC(=O)NC1CCOc2ccccc21. The molecule has 0 saturated carbocycles. The van der Waals surface area contributed by atoms with Crippen molar-refractivity contribution in [1.82, 2.24) is 9.88 Å². The van der Waals surface area contributed by atoms with E-state index < -0.39 is 0 Å². The van der Waals surface area contributed by atoms with Crippen LogP contribution in [0.5, 0.6) is 5.75 Å². The largest absolute Gasteiger partial charge is 0.493 e. The predicted octanol–water partition coefficient (Wildman–Crippen LogP) is 2.25. The number of fused-ring (bicyclic) bond motifs is 1. The lowest BCUT2D eigenvalue weighted by Gasteiger charge is -2.26. The first-order valence-corrected chi connectivity index (χ1v) is 8.19. The van der Waals surface area contributed by atoms with Gasteiger partial charge in [-0.05, 0) is 13.0 Å². The monoisotopic (exact) mass is 318 g/mol. The zero-order valence-electron chi connectivity index (χ0n) is 12.4. The standard InChI is InChI=1S/C16H18N2O3S/c1-11-10-22-16(20)18(11)8-6-15(19)17-13-7-9-21-14-5-3-2-4-12(13)14/h2-5,10,13H,6-9H2,1H3,(H,17,19). The van der Waals surface area contributed by atoms with E-state index in [2.05, 4.69) is 5.32 Å². The first kappa shape index (κ1) is 14.8. The minimum absolute atomic E-state index is 0.0123. The fourth-order valence-corrected chi connectivity index (χ4v) is 3.41. The van der Waals surface area contributed by atoms with Gasteiger partial charge in [-0.2, -0.15) is 0 Å². The molecule has 1 aromatic heterocycles. The van der Waals surface area contributed by atoms with E-state index in [1.54, 1.807) is 4.57 Å². The fraction of sp³-hybridized carbons (Fsp3) is 0.375. The van der Waals surface area contributed by atoms with Crippen molar-refractivity contribution in [3.63, 3.8) is 0 Å². The highest BCUT2D eigenvalue weighted by molar-refractivity contribution is 7.07. The Hall–Kier alpha value is -2.08. The van der Waals surface area contributed by atoms with Gasteiger partial charge in [-0.3, -0.25) is 9.59 Å². The number of carbonyl (C=O) groups excluding carboxylic acids is 1. The maximum absolute atomic E-state index is 12.2. The zero-order valence-corrected chi connectivity index (χ0v) is 13.2. The fourth-order valence-electron chi connectivity index (χ4n) is 2.65. The van der Waals surface area contributed by atoms with Crippen molar-refractivity contribution in [2.24, 2.45) is 0 Å². The van der Waals surface area contributed by atoms with Crippen molar-refractivity contribution in [2.75, 3.05) is 6.61 Å². The van der Waals surface area contributed by atoms with E-state index in [0.29, 0.717) is 19.6 Å². The molecular weight excluding hydrogens is 300 g/mol. The summed E-state index contributed by atoms with van der Waals surface area (Å²) in [7, 11) is 0. The summed E-state index contributed by atoms with van der Waals surface area (Å²) in [6.07, 6.45) is 1.07. The van der Waals surface area contributed by atoms with Gasteiger partial charge >= 0.3 is 4.87 Å². The molecule has 2 aromatic rings. The van der Waals surface area contributed by atoms with E-state index in [9.17, 15) is 9.59 Å². The van der Waals surface area contributed by atoms with Gasteiger partial charge in [-0.1, -0.05) is 29.5 Å². The summed E-state index contributed by atoms with van der Waals surface area (Å²) in [4.78, 5) is 23.8. The number of nitrogens with zero attached hydrogens (tertiary/aromatic N) is 1. The number of aromatic nitrogens is 1. The number of amides is 1. The van der Waals surface area contributed by atoms with E-state index in [1.165, 1.54) is 11.3 Å². The number of thiazole rings is 1. The van der Waals surface area contributed by atoms with Crippen LogP contribution in [0.1, 0.15) is 30.1 Å². The summed E-state index contributed by atoms with van der Waals surface area (Å²) in [5.74, 6) is 0.795. The zero-order chi connectivity index (χ0) is 15.5. The minimum atomic E-state index is -0.0424. The van der Waals surface area contributed by atoms with E-state index in [1.807, 2.05) is 36.6 Å². The molecule has 1 unspecified atom stereocenters. The second-order valence-electron chi connectivity index (χ2n) is 5.34. The average molecular weight is 318 g/mol. The van der Waals surface area contributed by atoms with Crippen LogP contribution in [0.25, 0.3) is 0 Å². The second-order valence-corrected chi connectivity index (χ2v) is 6.16. The molecule has 0 spiro atoms. The third-order valence-corrected chi connectivity index (χ3v) is 4.71. The van der Waals surface area contributed by atoms with Gasteiger partial charge in [0.1, 0.15) is 5.75 Å². The Morgan fingerprint density at radius 2 is 2.27 bits per heavy atom. The van der Waals surface area contributed by atoms with Gasteiger partial charge in [0.25, 0.3) is 0 Å². The number of aryl methyl sites for hydroxylation is 1. The molecule has 0 bridgehead atoms. The number of para-hydroxylation sites is 1. The highest BCUT2D eigenvalue weighted by atomic mass is 32.1. The molecule has 0 radical (unpaired) electrons. The van der Waals surface area contributed by atoms with Gasteiger partial charge in [0.2, 0.25) is 5.91 Å². The molecule has 5 nitrogen and oxygen atoms in total. The molecule has 2 heterocycles. The lowest BCUT2D eigenvalue weighted by atomic mass is 10.0. The normalized spacial score (nSPS) is 16.7. The van der Waals surface area contributed by atoms with Crippen molar-refractivity contribution >= 4 is 17.2 Å². The number of benzene rings is 1. The van der Waals surface area contributed by atoms with Gasteiger partial charge in [-0.25, -0.2) is 0 Å². The predicted molar refractivity (Wildman–Crippen MR) is 85.4 cm³/mol. The molecule has 22 heavy (non-hydrogen) atoms. The molecule has 1 aromatic carbocycles. The maximum atomic E-state index is 12.2. The summed E-state index contributed by atoms with van der Waals surface area (Å²) >= 11 is 1.17. The smallest absolute Gasteiger partial charge is 0.307 e. The van der Waals surface area contributed by atoms with Gasteiger partial charge in [-0.15, -0.1) is 0 Å². The van der Waals surface area contributed by atoms with Crippen LogP contribution in [0.15, 0.2) is 34.4 Å². The quantitative estimate of drug-likeness (QED) is 0.940. The van der Waals surface area contributed by atoms with Crippen LogP contribution >= 0.6 is 11.3 Å². The van der Waals surface area contributed by atoms with Crippen molar-refractivity contribution in [3.05, 3.63) is 50.6 Å². The molecule has 0 fully saturated rings.